The first-order valence-electron chi connectivity index (χ1n) is 5.57. The molecule has 19 heavy (non-hydrogen) atoms. The Labute approximate surface area is 113 Å². The third-order valence-corrected chi connectivity index (χ3v) is 3.14. The molecule has 1 atom stereocenters. The summed E-state index contributed by atoms with van der Waals surface area (Å²) in [6.07, 6.45) is 0. The van der Waals surface area contributed by atoms with Gasteiger partial charge >= 0.3 is 11.9 Å². The Morgan fingerprint density at radius 2 is 2.16 bits per heavy atom. The summed E-state index contributed by atoms with van der Waals surface area (Å²) >= 11 is 0.926. The second-order valence-corrected chi connectivity index (χ2v) is 4.48. The average molecular weight is 289 g/mol. The largest absolute Gasteiger partial charge is 0.481 e. The highest BCUT2D eigenvalue weighted by Gasteiger charge is 2.24. The number of rotatable bonds is 7. The molecular formula is C10H15N3O5S. The molecule has 1 unspecified atom stereocenters. The predicted molar refractivity (Wildman–Crippen MR) is 65.6 cm³/mol. The summed E-state index contributed by atoms with van der Waals surface area (Å²) in [4.78, 5) is 22.2. The van der Waals surface area contributed by atoms with Gasteiger partial charge in [0.2, 0.25) is 0 Å². The molecule has 9 heteroatoms. The zero-order valence-corrected chi connectivity index (χ0v) is 11.4. The molecule has 0 aliphatic carbocycles. The van der Waals surface area contributed by atoms with E-state index >= 15 is 0 Å². The van der Waals surface area contributed by atoms with Gasteiger partial charge in [-0.3, -0.25) is 9.36 Å². The van der Waals surface area contributed by atoms with Crippen molar-refractivity contribution in [3.8, 4) is 0 Å². The maximum Gasteiger partial charge on any atom is 0.328 e. The number of carboxylic acid groups (broad SMARTS) is 1. The lowest BCUT2D eigenvalue weighted by molar-refractivity contribution is -0.146. The van der Waals surface area contributed by atoms with E-state index in [1.165, 1.54) is 4.57 Å². The Hall–Kier alpha value is -1.61. The Morgan fingerprint density at radius 1 is 1.47 bits per heavy atom. The van der Waals surface area contributed by atoms with E-state index in [4.69, 9.17) is 14.9 Å². The third-order valence-electron chi connectivity index (χ3n) is 2.22. The highest BCUT2D eigenvalue weighted by Crippen LogP contribution is 2.22. The number of thioether (sulfide) groups is 1. The van der Waals surface area contributed by atoms with Crippen molar-refractivity contribution in [3.63, 3.8) is 0 Å². The van der Waals surface area contributed by atoms with Gasteiger partial charge in [-0.05, 0) is 13.8 Å². The highest BCUT2D eigenvalue weighted by molar-refractivity contribution is 7.99. The Balaban J connectivity index is 2.97. The van der Waals surface area contributed by atoms with Crippen LogP contribution in [0.4, 0.5) is 0 Å². The molecule has 2 N–H and O–H groups in total. The lowest BCUT2D eigenvalue weighted by atomic mass is 10.3. The summed E-state index contributed by atoms with van der Waals surface area (Å²) in [5.74, 6) is -1.52. The zero-order valence-electron chi connectivity index (χ0n) is 10.6. The average Bonchev–Trinajstić information content (AvgIpc) is 2.78. The quantitative estimate of drug-likeness (QED) is 0.535. The fraction of sp³-hybridized carbons (Fsp3) is 0.600. The van der Waals surface area contributed by atoms with Crippen molar-refractivity contribution >= 4 is 23.7 Å². The smallest absolute Gasteiger partial charge is 0.328 e. The lowest BCUT2D eigenvalue weighted by Gasteiger charge is -2.15. The molecule has 1 rings (SSSR count). The summed E-state index contributed by atoms with van der Waals surface area (Å²) in [7, 11) is 0. The van der Waals surface area contributed by atoms with Crippen molar-refractivity contribution in [1.82, 2.24) is 14.8 Å². The van der Waals surface area contributed by atoms with Gasteiger partial charge in [0, 0.05) is 0 Å². The molecular weight excluding hydrogens is 274 g/mol. The molecule has 0 saturated heterocycles. The Kier molecular flexibility index (Phi) is 5.77. The van der Waals surface area contributed by atoms with E-state index in [9.17, 15) is 9.59 Å². The number of aliphatic hydroxyl groups is 1. The van der Waals surface area contributed by atoms with Crippen molar-refractivity contribution in [3.05, 3.63) is 5.82 Å². The first-order chi connectivity index (χ1) is 9.01. The van der Waals surface area contributed by atoms with E-state index in [-0.39, 0.29) is 23.3 Å². The topological polar surface area (TPSA) is 115 Å². The van der Waals surface area contributed by atoms with Crippen LogP contribution in [0.5, 0.6) is 0 Å². The second kappa shape index (κ2) is 7.10. The van der Waals surface area contributed by atoms with Crippen LogP contribution in [0, 0.1) is 0 Å². The van der Waals surface area contributed by atoms with Crippen molar-refractivity contribution in [1.29, 1.82) is 0 Å². The van der Waals surface area contributed by atoms with Gasteiger partial charge in [-0.2, -0.15) is 0 Å². The van der Waals surface area contributed by atoms with Gasteiger partial charge in [0.05, 0.1) is 12.4 Å². The van der Waals surface area contributed by atoms with E-state index in [0.717, 1.165) is 11.8 Å². The molecule has 0 radical (unpaired) electrons. The molecule has 0 fully saturated rings. The van der Waals surface area contributed by atoms with Crippen LogP contribution in [0.25, 0.3) is 0 Å². The summed E-state index contributed by atoms with van der Waals surface area (Å²) < 4.78 is 6.27. The van der Waals surface area contributed by atoms with Gasteiger partial charge < -0.3 is 14.9 Å². The maximum absolute atomic E-state index is 11.7. The summed E-state index contributed by atoms with van der Waals surface area (Å²) in [5, 5.41) is 25.6. The fourth-order valence-electron chi connectivity index (χ4n) is 1.40. The van der Waals surface area contributed by atoms with Crippen LogP contribution >= 0.6 is 11.8 Å². The number of aliphatic carboxylic acids is 1. The fourth-order valence-corrected chi connectivity index (χ4v) is 2.15. The van der Waals surface area contributed by atoms with Gasteiger partial charge in [-0.25, -0.2) is 4.79 Å². The molecule has 1 heterocycles. The van der Waals surface area contributed by atoms with Crippen LogP contribution in [0.1, 0.15) is 25.7 Å². The standard InChI is InChI=1S/C10H15N3O5S/c1-3-18-9(17)6(2)13-7(4-14)11-12-10(13)19-5-8(15)16/h6,14H,3-5H2,1-2H3,(H,15,16). The minimum absolute atomic E-state index is 0.188. The number of hydrogen-bond acceptors (Lipinski definition) is 7. The number of aromatic nitrogens is 3. The normalized spacial score (nSPS) is 12.2. The number of esters is 1. The number of carbonyl (C=O) groups is 2. The van der Waals surface area contributed by atoms with Crippen LogP contribution in [-0.4, -0.2) is 49.3 Å². The molecule has 1 aromatic rings. The van der Waals surface area contributed by atoms with Crippen molar-refractivity contribution in [2.24, 2.45) is 0 Å². The molecule has 8 nitrogen and oxygen atoms in total. The number of nitrogens with zero attached hydrogens (tertiary/aromatic N) is 3. The van der Waals surface area contributed by atoms with Gasteiger partial charge in [-0.15, -0.1) is 10.2 Å². The first kappa shape index (κ1) is 15.4. The molecule has 0 bridgehead atoms. The van der Waals surface area contributed by atoms with Crippen molar-refractivity contribution in [2.45, 2.75) is 31.7 Å². The maximum atomic E-state index is 11.7. The van der Waals surface area contributed by atoms with Gasteiger partial charge in [0.15, 0.2) is 11.0 Å². The first-order valence-corrected chi connectivity index (χ1v) is 6.55. The summed E-state index contributed by atoms with van der Waals surface area (Å²) in [6.45, 7) is 3.09. The van der Waals surface area contributed by atoms with Crippen molar-refractivity contribution < 1.29 is 24.5 Å². The van der Waals surface area contributed by atoms with Crippen LogP contribution in [0.3, 0.4) is 0 Å². The molecule has 0 spiro atoms. The van der Waals surface area contributed by atoms with Gasteiger partial charge in [-0.1, -0.05) is 11.8 Å². The van der Waals surface area contributed by atoms with Crippen LogP contribution in [0.15, 0.2) is 5.16 Å². The molecule has 0 amide bonds. The Bertz CT molecular complexity index is 462. The number of carboxylic acids is 1. The van der Waals surface area contributed by atoms with E-state index in [1.807, 2.05) is 0 Å². The van der Waals surface area contributed by atoms with E-state index in [1.54, 1.807) is 13.8 Å². The molecule has 0 saturated carbocycles. The molecule has 106 valence electrons. The Morgan fingerprint density at radius 3 is 2.68 bits per heavy atom. The van der Waals surface area contributed by atoms with Gasteiger partial charge in [0.1, 0.15) is 12.6 Å². The highest BCUT2D eigenvalue weighted by atomic mass is 32.2. The minimum atomic E-state index is -1.01. The predicted octanol–water partition coefficient (Wildman–Crippen LogP) is 0.0712. The molecule has 0 aromatic carbocycles. The number of aliphatic hydroxyl groups excluding tert-OH is 1. The summed E-state index contributed by atoms with van der Waals surface area (Å²) in [6, 6.07) is -0.728. The third kappa shape index (κ3) is 3.93. The van der Waals surface area contributed by atoms with Gasteiger partial charge in [0.25, 0.3) is 0 Å². The molecule has 0 aliphatic heterocycles. The molecule has 0 aliphatic rings. The summed E-state index contributed by atoms with van der Waals surface area (Å²) in [5.41, 5.74) is 0. The number of hydrogen-bond donors (Lipinski definition) is 2. The number of carbonyl (C=O) groups excluding carboxylic acids is 1. The second-order valence-electron chi connectivity index (χ2n) is 3.54. The van der Waals surface area contributed by atoms with E-state index < -0.39 is 24.6 Å². The van der Waals surface area contributed by atoms with E-state index in [2.05, 4.69) is 10.2 Å². The zero-order chi connectivity index (χ0) is 14.4. The van der Waals surface area contributed by atoms with Crippen LogP contribution in [0.2, 0.25) is 0 Å². The van der Waals surface area contributed by atoms with E-state index in [0.29, 0.717) is 0 Å². The SMILES string of the molecule is CCOC(=O)C(C)n1c(CO)nnc1SCC(=O)O. The minimum Gasteiger partial charge on any atom is -0.481 e. The van der Waals surface area contributed by atoms with Crippen LogP contribution in [-0.2, 0) is 20.9 Å². The number of ether oxygens (including phenoxy) is 1. The van der Waals surface area contributed by atoms with Crippen molar-refractivity contribution in [2.75, 3.05) is 12.4 Å². The monoisotopic (exact) mass is 289 g/mol. The molecule has 1 aromatic heterocycles. The van der Waals surface area contributed by atoms with Crippen LogP contribution < -0.4 is 0 Å². The lowest BCUT2D eigenvalue weighted by Crippen LogP contribution is -2.22.